The lowest BCUT2D eigenvalue weighted by molar-refractivity contribution is -0.143. The van der Waals surface area contributed by atoms with Crippen LogP contribution in [0.15, 0.2) is 39.9 Å². The quantitative estimate of drug-likeness (QED) is 0.543. The largest absolute Gasteiger partial charge is 0.461 e. The van der Waals surface area contributed by atoms with Gasteiger partial charge in [0.15, 0.2) is 0 Å². The van der Waals surface area contributed by atoms with Gasteiger partial charge in [0.25, 0.3) is 0 Å². The molecule has 9 nitrogen and oxygen atoms in total. The fourth-order valence-corrected chi connectivity index (χ4v) is 4.46. The molecule has 0 bridgehead atoms. The van der Waals surface area contributed by atoms with Gasteiger partial charge in [-0.3, -0.25) is 9.59 Å². The Morgan fingerprint density at radius 1 is 1.16 bits per heavy atom. The van der Waals surface area contributed by atoms with Gasteiger partial charge in [0.2, 0.25) is 11.8 Å². The smallest absolute Gasteiger partial charge is 0.332 e. The summed E-state index contributed by atoms with van der Waals surface area (Å²) in [6.07, 6.45) is 5.43. The number of nitrogens with one attached hydrogen (secondary N) is 1. The van der Waals surface area contributed by atoms with Gasteiger partial charge in [-0.15, -0.1) is 0 Å². The van der Waals surface area contributed by atoms with Crippen molar-refractivity contribution in [3.05, 3.63) is 36.1 Å². The van der Waals surface area contributed by atoms with E-state index in [2.05, 4.69) is 10.5 Å². The molecule has 0 aliphatic carbocycles. The number of hydrogen-bond acceptors (Lipinski definition) is 5. The van der Waals surface area contributed by atoms with Crippen molar-refractivity contribution in [1.82, 2.24) is 15.2 Å². The summed E-state index contributed by atoms with van der Waals surface area (Å²) in [7, 11) is 0. The maximum Gasteiger partial charge on any atom is 0.332 e. The lowest BCUT2D eigenvalue weighted by Gasteiger charge is -2.30. The number of fused-ring (bicyclic) bond motifs is 1. The zero-order chi connectivity index (χ0) is 21.8. The second kappa shape index (κ2) is 9.20. The van der Waals surface area contributed by atoms with Crippen LogP contribution in [0, 0.1) is 0 Å². The standard InChI is InChI=1S/C22H27N5O4/c23-22(30)25-24-14-16-6-3-11-26(16)21(29)18-7-4-12-27(18)20(28)10-9-17-13-15-5-1-2-8-19(15)31-17/h1-2,5,8,13-14,16,18H,3-4,6-7,9-12H2,(H3,23,25,30)/t16-,18-/m0/s1. The van der Waals surface area contributed by atoms with Gasteiger partial charge in [-0.05, 0) is 37.8 Å². The molecule has 2 saturated heterocycles. The van der Waals surface area contributed by atoms with Crippen LogP contribution in [0.2, 0.25) is 0 Å². The van der Waals surface area contributed by atoms with E-state index < -0.39 is 12.1 Å². The summed E-state index contributed by atoms with van der Waals surface area (Å²) in [5.74, 6) is 0.688. The number of carbonyl (C=O) groups excluding carboxylic acids is 3. The van der Waals surface area contributed by atoms with Crippen molar-refractivity contribution < 1.29 is 18.8 Å². The molecular formula is C22H27N5O4. The van der Waals surface area contributed by atoms with Gasteiger partial charge in [-0.2, -0.15) is 5.10 Å². The van der Waals surface area contributed by atoms with Gasteiger partial charge in [-0.25, -0.2) is 10.2 Å². The number of likely N-dealkylation sites (tertiary alicyclic amines) is 2. The molecule has 0 radical (unpaired) electrons. The van der Waals surface area contributed by atoms with Crippen molar-refractivity contribution in [1.29, 1.82) is 0 Å². The Hall–Kier alpha value is -3.36. The number of primary amides is 1. The molecule has 164 valence electrons. The first-order chi connectivity index (χ1) is 15.0. The average Bonchev–Trinajstić information content (AvgIpc) is 3.50. The fraction of sp³-hybridized carbons (Fsp3) is 0.455. The SMILES string of the molecule is NC(=O)NN=C[C@@H]1CCCN1C(=O)[C@@H]1CCCN1C(=O)CCc1cc2ccccc2o1. The fourth-order valence-electron chi connectivity index (χ4n) is 4.46. The maximum absolute atomic E-state index is 13.2. The molecule has 2 aliphatic rings. The number of hydrazone groups is 1. The van der Waals surface area contributed by atoms with Crippen molar-refractivity contribution in [3.8, 4) is 0 Å². The van der Waals surface area contributed by atoms with E-state index in [1.807, 2.05) is 30.3 Å². The minimum Gasteiger partial charge on any atom is -0.461 e. The van der Waals surface area contributed by atoms with Gasteiger partial charge in [0.05, 0.1) is 6.04 Å². The molecule has 2 fully saturated rings. The zero-order valence-corrected chi connectivity index (χ0v) is 17.3. The van der Waals surface area contributed by atoms with Crippen LogP contribution in [-0.4, -0.2) is 59.0 Å². The summed E-state index contributed by atoms with van der Waals surface area (Å²) in [6.45, 7) is 1.20. The molecule has 0 spiro atoms. The summed E-state index contributed by atoms with van der Waals surface area (Å²) in [5.41, 5.74) is 8.00. The van der Waals surface area contributed by atoms with E-state index in [9.17, 15) is 14.4 Å². The first-order valence-electron chi connectivity index (χ1n) is 10.7. The van der Waals surface area contributed by atoms with Gasteiger partial charge >= 0.3 is 6.03 Å². The van der Waals surface area contributed by atoms with Gasteiger partial charge in [-0.1, -0.05) is 18.2 Å². The van der Waals surface area contributed by atoms with Crippen molar-refractivity contribution >= 4 is 35.0 Å². The van der Waals surface area contributed by atoms with Crippen LogP contribution < -0.4 is 11.2 Å². The highest BCUT2D eigenvalue weighted by atomic mass is 16.3. The van der Waals surface area contributed by atoms with E-state index in [1.54, 1.807) is 16.0 Å². The topological polar surface area (TPSA) is 121 Å². The normalized spacial score (nSPS) is 21.3. The minimum atomic E-state index is -0.746. The summed E-state index contributed by atoms with van der Waals surface area (Å²) in [5, 5.41) is 4.83. The van der Waals surface area contributed by atoms with E-state index >= 15 is 0 Å². The van der Waals surface area contributed by atoms with Crippen LogP contribution in [0.5, 0.6) is 0 Å². The summed E-state index contributed by atoms with van der Waals surface area (Å²) < 4.78 is 5.81. The highest BCUT2D eigenvalue weighted by Crippen LogP contribution is 2.26. The number of urea groups is 1. The molecule has 2 aromatic rings. The lowest BCUT2D eigenvalue weighted by Crippen LogP contribution is -2.49. The molecule has 0 saturated carbocycles. The van der Waals surface area contributed by atoms with Gasteiger partial charge in [0, 0.05) is 37.5 Å². The molecule has 0 unspecified atom stereocenters. The number of nitrogens with zero attached hydrogens (tertiary/aromatic N) is 3. The second-order valence-electron chi connectivity index (χ2n) is 7.99. The van der Waals surface area contributed by atoms with Crippen LogP contribution in [0.4, 0.5) is 4.79 Å². The van der Waals surface area contributed by atoms with Crippen molar-refractivity contribution in [2.24, 2.45) is 10.8 Å². The zero-order valence-electron chi connectivity index (χ0n) is 17.3. The Kier molecular flexibility index (Phi) is 6.20. The molecule has 1 aromatic heterocycles. The number of hydrogen-bond donors (Lipinski definition) is 2. The highest BCUT2D eigenvalue weighted by Gasteiger charge is 2.39. The maximum atomic E-state index is 13.2. The molecule has 1 aromatic carbocycles. The summed E-state index contributed by atoms with van der Waals surface area (Å²) in [6, 6.07) is 8.33. The van der Waals surface area contributed by atoms with E-state index in [1.165, 1.54) is 0 Å². The van der Waals surface area contributed by atoms with Crippen LogP contribution in [0.1, 0.15) is 37.9 Å². The molecule has 4 rings (SSSR count). The third-order valence-electron chi connectivity index (χ3n) is 5.92. The number of nitrogens with two attached hydrogens (primary N) is 1. The second-order valence-corrected chi connectivity index (χ2v) is 7.99. The predicted octanol–water partition coefficient (Wildman–Crippen LogP) is 2.00. The number of furan rings is 1. The van der Waals surface area contributed by atoms with Crippen LogP contribution in [0.3, 0.4) is 0 Å². The Bertz CT molecular complexity index is 968. The molecule has 3 N–H and O–H groups in total. The van der Waals surface area contributed by atoms with Crippen molar-refractivity contribution in [2.75, 3.05) is 13.1 Å². The number of benzene rings is 1. The molecule has 31 heavy (non-hydrogen) atoms. The summed E-state index contributed by atoms with van der Waals surface area (Å²) in [4.78, 5) is 40.4. The van der Waals surface area contributed by atoms with Crippen molar-refractivity contribution in [3.63, 3.8) is 0 Å². The Balaban J connectivity index is 1.37. The third-order valence-corrected chi connectivity index (χ3v) is 5.92. The highest BCUT2D eigenvalue weighted by molar-refractivity contribution is 5.90. The number of rotatable bonds is 6. The Morgan fingerprint density at radius 3 is 2.74 bits per heavy atom. The lowest BCUT2D eigenvalue weighted by atomic mass is 10.1. The van der Waals surface area contributed by atoms with E-state index in [0.717, 1.165) is 36.0 Å². The van der Waals surface area contributed by atoms with Crippen LogP contribution in [-0.2, 0) is 16.0 Å². The molecule has 2 atom stereocenters. The van der Waals surface area contributed by atoms with E-state index in [-0.39, 0.29) is 17.9 Å². The van der Waals surface area contributed by atoms with Crippen LogP contribution >= 0.6 is 0 Å². The molecule has 4 amide bonds. The third kappa shape index (κ3) is 4.70. The molecule has 3 heterocycles. The average molecular weight is 425 g/mol. The Morgan fingerprint density at radius 2 is 1.94 bits per heavy atom. The molecular weight excluding hydrogens is 398 g/mol. The Labute approximate surface area is 180 Å². The first-order valence-corrected chi connectivity index (χ1v) is 10.7. The number of carbonyl (C=O) groups is 3. The summed E-state index contributed by atoms with van der Waals surface area (Å²) >= 11 is 0. The monoisotopic (exact) mass is 425 g/mol. The van der Waals surface area contributed by atoms with Gasteiger partial charge < -0.3 is 20.0 Å². The van der Waals surface area contributed by atoms with E-state index in [4.69, 9.17) is 10.2 Å². The first kappa shape index (κ1) is 20.9. The van der Waals surface area contributed by atoms with Gasteiger partial charge in [0.1, 0.15) is 17.4 Å². The molecule has 2 aliphatic heterocycles. The number of amides is 4. The molecule has 9 heteroatoms. The van der Waals surface area contributed by atoms with E-state index in [0.29, 0.717) is 32.4 Å². The number of para-hydroxylation sites is 1. The number of aryl methyl sites for hydroxylation is 1. The minimum absolute atomic E-state index is 0.0314. The van der Waals surface area contributed by atoms with Crippen LogP contribution in [0.25, 0.3) is 11.0 Å². The van der Waals surface area contributed by atoms with Crippen molar-refractivity contribution in [2.45, 2.75) is 50.6 Å². The predicted molar refractivity (Wildman–Crippen MR) is 115 cm³/mol.